The molecule has 0 aliphatic heterocycles. The lowest BCUT2D eigenvalue weighted by Crippen LogP contribution is -2.44. The molecule has 1 aliphatic rings. The van der Waals surface area contributed by atoms with Crippen molar-refractivity contribution >= 4 is 34.6 Å². The first kappa shape index (κ1) is 15.6. The molecule has 1 aliphatic carbocycles. The molecule has 4 heteroatoms. The highest BCUT2D eigenvalue weighted by Gasteiger charge is 2.32. The number of hydrogen-bond donors (Lipinski definition) is 2. The van der Waals surface area contributed by atoms with Crippen LogP contribution >= 0.6 is 23.8 Å². The molecule has 2 atom stereocenters. The van der Waals surface area contributed by atoms with Crippen LogP contribution in [-0.2, 0) is 0 Å². The third-order valence-corrected chi connectivity index (χ3v) is 4.26. The Kier molecular flexibility index (Phi) is 4.92. The van der Waals surface area contributed by atoms with Gasteiger partial charge in [0.25, 0.3) is 0 Å². The van der Waals surface area contributed by atoms with E-state index in [0.29, 0.717) is 21.6 Å². The van der Waals surface area contributed by atoms with Crippen LogP contribution in [-0.4, -0.2) is 11.2 Å². The fourth-order valence-corrected chi connectivity index (χ4v) is 3.85. The summed E-state index contributed by atoms with van der Waals surface area (Å²) in [6, 6.07) is 8.07. The summed E-state index contributed by atoms with van der Waals surface area (Å²) in [4.78, 5) is 0. The van der Waals surface area contributed by atoms with E-state index in [0.717, 1.165) is 18.0 Å². The molecule has 1 fully saturated rings. The summed E-state index contributed by atoms with van der Waals surface area (Å²) in [6.07, 6.45) is 3.63. The van der Waals surface area contributed by atoms with Crippen LogP contribution in [0.15, 0.2) is 24.3 Å². The van der Waals surface area contributed by atoms with Crippen LogP contribution in [0.2, 0.25) is 5.02 Å². The summed E-state index contributed by atoms with van der Waals surface area (Å²) < 4.78 is 0. The van der Waals surface area contributed by atoms with E-state index < -0.39 is 0 Å². The van der Waals surface area contributed by atoms with Gasteiger partial charge in [-0.15, -0.1) is 0 Å². The summed E-state index contributed by atoms with van der Waals surface area (Å²) in [5.41, 5.74) is 1.32. The second-order valence-corrected chi connectivity index (χ2v) is 7.56. The van der Waals surface area contributed by atoms with Crippen molar-refractivity contribution in [2.24, 2.45) is 11.3 Å². The Labute approximate surface area is 132 Å². The van der Waals surface area contributed by atoms with Crippen LogP contribution in [0.5, 0.6) is 0 Å². The van der Waals surface area contributed by atoms with Crippen molar-refractivity contribution in [3.8, 4) is 0 Å². The minimum Gasteiger partial charge on any atom is -0.360 e. The molecular weight excluding hydrogens is 288 g/mol. The van der Waals surface area contributed by atoms with Crippen LogP contribution in [0.3, 0.4) is 0 Å². The first-order valence-corrected chi connectivity index (χ1v) is 7.96. The Bertz CT molecular complexity index is 487. The summed E-state index contributed by atoms with van der Waals surface area (Å²) in [5.74, 6) is 0.741. The zero-order valence-electron chi connectivity index (χ0n) is 12.4. The monoisotopic (exact) mass is 310 g/mol. The maximum atomic E-state index is 5.97. The number of thiocarbonyl (C=S) groups is 1. The zero-order valence-corrected chi connectivity index (χ0v) is 13.9. The zero-order chi connectivity index (χ0) is 14.8. The third-order valence-electron chi connectivity index (χ3n) is 3.80. The predicted molar refractivity (Wildman–Crippen MR) is 91.4 cm³/mol. The highest BCUT2D eigenvalue weighted by Crippen LogP contribution is 2.38. The van der Waals surface area contributed by atoms with Crippen molar-refractivity contribution in [2.45, 2.75) is 46.1 Å². The number of halogens is 1. The maximum absolute atomic E-state index is 5.97. The van der Waals surface area contributed by atoms with Crippen molar-refractivity contribution in [1.82, 2.24) is 5.32 Å². The average Bonchev–Trinajstić information content (AvgIpc) is 2.25. The van der Waals surface area contributed by atoms with Gasteiger partial charge in [-0.3, -0.25) is 0 Å². The Hall–Kier alpha value is -0.800. The first-order valence-electron chi connectivity index (χ1n) is 7.17. The van der Waals surface area contributed by atoms with Crippen LogP contribution < -0.4 is 10.6 Å². The van der Waals surface area contributed by atoms with Gasteiger partial charge in [0, 0.05) is 16.8 Å². The Morgan fingerprint density at radius 2 is 2.10 bits per heavy atom. The maximum Gasteiger partial charge on any atom is 0.170 e. The minimum atomic E-state index is 0.390. The van der Waals surface area contributed by atoms with Crippen molar-refractivity contribution in [3.05, 3.63) is 29.3 Å². The van der Waals surface area contributed by atoms with E-state index in [1.165, 1.54) is 12.8 Å². The molecule has 1 aromatic carbocycles. The summed E-state index contributed by atoms with van der Waals surface area (Å²) in [5, 5.41) is 8.05. The van der Waals surface area contributed by atoms with E-state index in [-0.39, 0.29) is 0 Å². The lowest BCUT2D eigenvalue weighted by atomic mass is 9.71. The fourth-order valence-electron chi connectivity index (χ4n) is 3.37. The SMILES string of the molecule is CC1CC(NC(=S)Nc2cccc(Cl)c2)CC(C)(C)C1. The van der Waals surface area contributed by atoms with Crippen molar-refractivity contribution in [3.63, 3.8) is 0 Å². The Morgan fingerprint density at radius 1 is 1.35 bits per heavy atom. The van der Waals surface area contributed by atoms with E-state index in [1.807, 2.05) is 24.3 Å². The van der Waals surface area contributed by atoms with Crippen LogP contribution in [0.25, 0.3) is 0 Å². The van der Waals surface area contributed by atoms with Crippen LogP contribution in [0, 0.1) is 11.3 Å². The molecule has 110 valence electrons. The lowest BCUT2D eigenvalue weighted by Gasteiger charge is -2.39. The van der Waals surface area contributed by atoms with Gasteiger partial charge in [-0.05, 0) is 61.0 Å². The standard InChI is InChI=1S/C16H23ClN2S/c1-11-7-14(10-16(2,3)9-11)19-15(20)18-13-6-4-5-12(17)8-13/h4-6,8,11,14H,7,9-10H2,1-3H3,(H2,18,19,20). The minimum absolute atomic E-state index is 0.390. The van der Waals surface area contributed by atoms with Crippen LogP contribution in [0.4, 0.5) is 5.69 Å². The van der Waals surface area contributed by atoms with E-state index in [2.05, 4.69) is 31.4 Å². The van der Waals surface area contributed by atoms with Crippen molar-refractivity contribution < 1.29 is 0 Å². The summed E-state index contributed by atoms with van der Waals surface area (Å²) in [7, 11) is 0. The molecule has 0 amide bonds. The quantitative estimate of drug-likeness (QED) is 0.764. The normalized spacial score (nSPS) is 25.0. The largest absolute Gasteiger partial charge is 0.360 e. The van der Waals surface area contributed by atoms with Gasteiger partial charge in [-0.25, -0.2) is 0 Å². The van der Waals surface area contributed by atoms with E-state index in [4.69, 9.17) is 23.8 Å². The molecule has 1 aromatic rings. The first-order chi connectivity index (χ1) is 9.34. The van der Waals surface area contributed by atoms with Crippen LogP contribution in [0.1, 0.15) is 40.0 Å². The molecule has 0 saturated heterocycles. The molecule has 0 aromatic heterocycles. The Balaban J connectivity index is 1.91. The lowest BCUT2D eigenvalue weighted by molar-refractivity contribution is 0.162. The van der Waals surface area contributed by atoms with Gasteiger partial charge in [0.05, 0.1) is 0 Å². The summed E-state index contributed by atoms with van der Waals surface area (Å²) >= 11 is 11.4. The number of rotatable bonds is 2. The average molecular weight is 311 g/mol. The number of nitrogens with one attached hydrogen (secondary N) is 2. The van der Waals surface area contributed by atoms with Gasteiger partial charge in [0.1, 0.15) is 0 Å². The van der Waals surface area contributed by atoms with E-state index in [1.54, 1.807) is 0 Å². The fraction of sp³-hybridized carbons (Fsp3) is 0.562. The predicted octanol–water partition coefficient (Wildman–Crippen LogP) is 4.84. The van der Waals surface area contributed by atoms with Gasteiger partial charge in [0.2, 0.25) is 0 Å². The molecule has 20 heavy (non-hydrogen) atoms. The summed E-state index contributed by atoms with van der Waals surface area (Å²) in [6.45, 7) is 7.00. The topological polar surface area (TPSA) is 24.1 Å². The number of hydrogen-bond acceptors (Lipinski definition) is 1. The molecule has 0 heterocycles. The van der Waals surface area contributed by atoms with Gasteiger partial charge in [0.15, 0.2) is 5.11 Å². The second kappa shape index (κ2) is 6.31. The van der Waals surface area contributed by atoms with Gasteiger partial charge < -0.3 is 10.6 Å². The molecule has 2 unspecified atom stereocenters. The van der Waals surface area contributed by atoms with E-state index >= 15 is 0 Å². The number of anilines is 1. The van der Waals surface area contributed by atoms with Crippen molar-refractivity contribution in [2.75, 3.05) is 5.32 Å². The third kappa shape index (κ3) is 4.64. The molecule has 2 rings (SSSR count). The highest BCUT2D eigenvalue weighted by molar-refractivity contribution is 7.80. The number of benzene rings is 1. The molecular formula is C16H23ClN2S. The molecule has 0 bridgehead atoms. The van der Waals surface area contributed by atoms with Crippen molar-refractivity contribution in [1.29, 1.82) is 0 Å². The second-order valence-electron chi connectivity index (χ2n) is 6.72. The highest BCUT2D eigenvalue weighted by atomic mass is 35.5. The van der Waals surface area contributed by atoms with Gasteiger partial charge in [-0.2, -0.15) is 0 Å². The smallest absolute Gasteiger partial charge is 0.170 e. The van der Waals surface area contributed by atoms with Gasteiger partial charge in [-0.1, -0.05) is 38.4 Å². The van der Waals surface area contributed by atoms with E-state index in [9.17, 15) is 0 Å². The molecule has 2 nitrogen and oxygen atoms in total. The van der Waals surface area contributed by atoms with Gasteiger partial charge >= 0.3 is 0 Å². The molecule has 1 saturated carbocycles. The molecule has 2 N–H and O–H groups in total. The Morgan fingerprint density at radius 3 is 2.75 bits per heavy atom. The molecule has 0 spiro atoms. The molecule has 0 radical (unpaired) electrons.